The van der Waals surface area contributed by atoms with Gasteiger partial charge in [-0.25, -0.2) is 4.79 Å². The van der Waals surface area contributed by atoms with Crippen molar-refractivity contribution in [2.75, 3.05) is 24.6 Å². The third-order valence-corrected chi connectivity index (χ3v) is 4.96. The van der Waals surface area contributed by atoms with E-state index in [-0.39, 0.29) is 24.8 Å². The minimum absolute atomic E-state index is 0.0340. The summed E-state index contributed by atoms with van der Waals surface area (Å²) in [5.41, 5.74) is 1.88. The molecule has 2 atom stereocenters. The molecule has 0 aliphatic carbocycles. The molecule has 158 valence electrons. The van der Waals surface area contributed by atoms with Crippen LogP contribution in [-0.2, 0) is 19.1 Å². The number of rotatable bonds is 8. The van der Waals surface area contributed by atoms with Gasteiger partial charge in [0.05, 0.1) is 5.92 Å². The topological polar surface area (TPSA) is 105 Å². The Hall–Kier alpha value is -2.90. The lowest BCUT2D eigenvalue weighted by atomic mass is 9.96. The molecule has 0 bridgehead atoms. The lowest BCUT2D eigenvalue weighted by Crippen LogP contribution is -2.42. The van der Waals surface area contributed by atoms with Gasteiger partial charge >= 0.3 is 12.0 Å². The Bertz CT molecular complexity index is 764. The standard InChI is InChI=1S/C21H29N3O5/c1-4-10-22-21(28)23-18(25)13-29-20(27)15-11-19(26)24(12-15)17-9-7-6-8-16(17)14(3)5-2/h6-9,14-15H,4-5,10-13H2,1-3H3,(H2,22,23,25,28)/t14-,15+/m1/s1. The zero-order chi connectivity index (χ0) is 21.4. The van der Waals surface area contributed by atoms with Crippen LogP contribution in [0.15, 0.2) is 24.3 Å². The van der Waals surface area contributed by atoms with E-state index in [1.165, 1.54) is 0 Å². The fourth-order valence-electron chi connectivity index (χ4n) is 3.17. The van der Waals surface area contributed by atoms with E-state index in [9.17, 15) is 19.2 Å². The Morgan fingerprint density at radius 1 is 1.24 bits per heavy atom. The number of para-hydroxylation sites is 1. The first kappa shape index (κ1) is 22.4. The summed E-state index contributed by atoms with van der Waals surface area (Å²) in [4.78, 5) is 49.6. The van der Waals surface area contributed by atoms with Gasteiger partial charge in [0.1, 0.15) is 0 Å². The number of carbonyl (C=O) groups excluding carboxylic acids is 4. The maximum absolute atomic E-state index is 12.5. The van der Waals surface area contributed by atoms with Crippen LogP contribution in [-0.4, -0.2) is 43.5 Å². The van der Waals surface area contributed by atoms with Crippen molar-refractivity contribution in [2.24, 2.45) is 5.92 Å². The number of anilines is 1. The smallest absolute Gasteiger partial charge is 0.321 e. The van der Waals surface area contributed by atoms with Crippen molar-refractivity contribution < 1.29 is 23.9 Å². The number of amides is 4. The van der Waals surface area contributed by atoms with Gasteiger partial charge in [0, 0.05) is 25.2 Å². The summed E-state index contributed by atoms with van der Waals surface area (Å²) >= 11 is 0. The molecule has 1 aromatic carbocycles. The number of imide groups is 1. The molecule has 1 aliphatic heterocycles. The number of urea groups is 1. The predicted octanol–water partition coefficient (Wildman–Crippen LogP) is 2.33. The van der Waals surface area contributed by atoms with Crippen molar-refractivity contribution in [1.29, 1.82) is 0 Å². The Labute approximate surface area is 171 Å². The van der Waals surface area contributed by atoms with Crippen molar-refractivity contribution in [1.82, 2.24) is 10.6 Å². The quantitative estimate of drug-likeness (QED) is 0.648. The molecular formula is C21H29N3O5. The molecule has 4 amide bonds. The third-order valence-electron chi connectivity index (χ3n) is 4.96. The molecule has 0 spiro atoms. The minimum atomic E-state index is -0.713. The highest BCUT2D eigenvalue weighted by molar-refractivity contribution is 6.00. The van der Waals surface area contributed by atoms with Crippen molar-refractivity contribution in [2.45, 2.75) is 46.0 Å². The van der Waals surface area contributed by atoms with Crippen LogP contribution >= 0.6 is 0 Å². The van der Waals surface area contributed by atoms with E-state index < -0.39 is 30.4 Å². The normalized spacial score (nSPS) is 17.0. The first-order chi connectivity index (χ1) is 13.9. The van der Waals surface area contributed by atoms with Gasteiger partial charge in [-0.05, 0) is 30.4 Å². The number of hydrogen-bond acceptors (Lipinski definition) is 5. The van der Waals surface area contributed by atoms with E-state index in [4.69, 9.17) is 4.74 Å². The summed E-state index contributed by atoms with van der Waals surface area (Å²) in [6.45, 7) is 6.16. The van der Waals surface area contributed by atoms with E-state index in [1.807, 2.05) is 31.2 Å². The average molecular weight is 403 g/mol. The molecule has 8 heteroatoms. The van der Waals surface area contributed by atoms with E-state index in [1.54, 1.807) is 4.90 Å². The number of esters is 1. The largest absolute Gasteiger partial charge is 0.455 e. The second-order valence-corrected chi connectivity index (χ2v) is 7.19. The lowest BCUT2D eigenvalue weighted by molar-refractivity contribution is -0.152. The van der Waals surface area contributed by atoms with Gasteiger partial charge < -0.3 is 15.0 Å². The third kappa shape index (κ3) is 6.04. The number of nitrogens with one attached hydrogen (secondary N) is 2. The van der Waals surface area contributed by atoms with Crippen molar-refractivity contribution in [3.8, 4) is 0 Å². The summed E-state index contributed by atoms with van der Waals surface area (Å²) in [7, 11) is 0. The maximum atomic E-state index is 12.5. The van der Waals surface area contributed by atoms with Gasteiger partial charge in [-0.15, -0.1) is 0 Å². The highest BCUT2D eigenvalue weighted by Gasteiger charge is 2.37. The second kappa shape index (κ2) is 10.6. The van der Waals surface area contributed by atoms with Crippen molar-refractivity contribution in [3.05, 3.63) is 29.8 Å². The molecule has 0 radical (unpaired) electrons. The number of hydrogen-bond donors (Lipinski definition) is 2. The van der Waals surface area contributed by atoms with Crippen LogP contribution in [0.5, 0.6) is 0 Å². The van der Waals surface area contributed by atoms with E-state index >= 15 is 0 Å². The summed E-state index contributed by atoms with van der Waals surface area (Å²) in [5, 5.41) is 4.58. The number of ether oxygens (including phenoxy) is 1. The Morgan fingerprint density at radius 2 is 1.97 bits per heavy atom. The van der Waals surface area contributed by atoms with E-state index in [0.29, 0.717) is 6.54 Å². The van der Waals surface area contributed by atoms with Gasteiger partial charge in [-0.3, -0.25) is 19.7 Å². The van der Waals surface area contributed by atoms with Crippen LogP contribution in [0.2, 0.25) is 0 Å². The number of nitrogens with zero attached hydrogens (tertiary/aromatic N) is 1. The molecule has 2 N–H and O–H groups in total. The Kier molecular flexibility index (Phi) is 8.18. The second-order valence-electron chi connectivity index (χ2n) is 7.19. The fraction of sp³-hybridized carbons (Fsp3) is 0.524. The van der Waals surface area contributed by atoms with Gasteiger partial charge in [-0.2, -0.15) is 0 Å². The van der Waals surface area contributed by atoms with E-state index in [0.717, 1.165) is 24.1 Å². The van der Waals surface area contributed by atoms with Gasteiger partial charge in [0.15, 0.2) is 6.61 Å². The summed E-state index contributed by atoms with van der Waals surface area (Å²) in [6.07, 6.45) is 1.71. The van der Waals surface area contributed by atoms with Crippen LogP contribution < -0.4 is 15.5 Å². The molecule has 0 aromatic heterocycles. The summed E-state index contributed by atoms with van der Waals surface area (Å²) in [6, 6.07) is 7.06. The van der Waals surface area contributed by atoms with Crippen LogP contribution in [0.25, 0.3) is 0 Å². The highest BCUT2D eigenvalue weighted by atomic mass is 16.5. The van der Waals surface area contributed by atoms with Gasteiger partial charge in [0.25, 0.3) is 5.91 Å². The fourth-order valence-corrected chi connectivity index (χ4v) is 3.17. The average Bonchev–Trinajstić information content (AvgIpc) is 3.11. The zero-order valence-electron chi connectivity index (χ0n) is 17.2. The van der Waals surface area contributed by atoms with Gasteiger partial charge in [-0.1, -0.05) is 39.0 Å². The predicted molar refractivity (Wildman–Crippen MR) is 108 cm³/mol. The molecule has 8 nitrogen and oxygen atoms in total. The first-order valence-corrected chi connectivity index (χ1v) is 10.0. The van der Waals surface area contributed by atoms with Gasteiger partial charge in [0.2, 0.25) is 5.91 Å². The van der Waals surface area contributed by atoms with Crippen LogP contribution in [0.4, 0.5) is 10.5 Å². The van der Waals surface area contributed by atoms with E-state index in [2.05, 4.69) is 24.5 Å². The van der Waals surface area contributed by atoms with Crippen molar-refractivity contribution in [3.63, 3.8) is 0 Å². The van der Waals surface area contributed by atoms with Crippen LogP contribution in [0, 0.1) is 5.92 Å². The molecule has 2 rings (SSSR count). The van der Waals surface area contributed by atoms with Crippen LogP contribution in [0.3, 0.4) is 0 Å². The highest BCUT2D eigenvalue weighted by Crippen LogP contribution is 2.33. The first-order valence-electron chi connectivity index (χ1n) is 10.0. The van der Waals surface area contributed by atoms with Crippen molar-refractivity contribution >= 4 is 29.5 Å². The summed E-state index contributed by atoms with van der Waals surface area (Å²) in [5.74, 6) is -1.84. The summed E-state index contributed by atoms with van der Waals surface area (Å²) < 4.78 is 5.01. The number of benzene rings is 1. The Morgan fingerprint density at radius 3 is 2.66 bits per heavy atom. The maximum Gasteiger partial charge on any atom is 0.321 e. The molecule has 1 heterocycles. The monoisotopic (exact) mass is 403 g/mol. The lowest BCUT2D eigenvalue weighted by Gasteiger charge is -2.23. The molecule has 1 aliphatic rings. The molecule has 0 saturated carbocycles. The molecular weight excluding hydrogens is 374 g/mol. The molecule has 0 unspecified atom stereocenters. The zero-order valence-corrected chi connectivity index (χ0v) is 17.2. The molecule has 1 aromatic rings. The SMILES string of the molecule is CCCNC(=O)NC(=O)COC(=O)[C@H]1CC(=O)N(c2ccccc2[C@H](C)CC)C1. The number of carbonyl (C=O) groups is 4. The minimum Gasteiger partial charge on any atom is -0.455 e. The Balaban J connectivity index is 1.93. The molecule has 29 heavy (non-hydrogen) atoms. The molecule has 1 fully saturated rings. The molecule has 1 saturated heterocycles. The van der Waals surface area contributed by atoms with Crippen LogP contribution in [0.1, 0.15) is 51.5 Å².